The van der Waals surface area contributed by atoms with Gasteiger partial charge in [-0.3, -0.25) is 0 Å². The third kappa shape index (κ3) is 2.11. The summed E-state index contributed by atoms with van der Waals surface area (Å²) in [5.41, 5.74) is 0.117. The first kappa shape index (κ1) is 12.9. The fourth-order valence-electron chi connectivity index (χ4n) is 2.83. The zero-order valence-corrected chi connectivity index (χ0v) is 11.7. The van der Waals surface area contributed by atoms with Gasteiger partial charge in [-0.1, -0.05) is 38.1 Å². The number of pyridine rings is 1. The van der Waals surface area contributed by atoms with Gasteiger partial charge >= 0.3 is 5.97 Å². The van der Waals surface area contributed by atoms with Crippen LogP contribution in [0.5, 0.6) is 0 Å². The Bertz CT molecular complexity index is 659. The molecule has 0 aliphatic carbocycles. The van der Waals surface area contributed by atoms with Crippen molar-refractivity contribution in [3.8, 4) is 0 Å². The van der Waals surface area contributed by atoms with E-state index in [0.717, 1.165) is 29.7 Å². The quantitative estimate of drug-likeness (QED) is 0.911. The maximum atomic E-state index is 11.3. The summed E-state index contributed by atoms with van der Waals surface area (Å²) in [6.45, 7) is 6.32. The molecule has 1 saturated heterocycles. The Balaban J connectivity index is 2.15. The Labute approximate surface area is 118 Å². The highest BCUT2D eigenvalue weighted by Crippen LogP contribution is 2.32. The third-order valence-corrected chi connectivity index (χ3v) is 4.23. The summed E-state index contributed by atoms with van der Waals surface area (Å²) in [6.07, 6.45) is 0. The topological polar surface area (TPSA) is 53.4 Å². The molecule has 2 aromatic rings. The number of carboxylic acid groups (broad SMARTS) is 1. The summed E-state index contributed by atoms with van der Waals surface area (Å²) in [6, 6.07) is 9.49. The van der Waals surface area contributed by atoms with Crippen molar-refractivity contribution in [3.05, 3.63) is 36.0 Å². The van der Waals surface area contributed by atoms with Crippen LogP contribution in [0.2, 0.25) is 0 Å². The smallest absolute Gasteiger partial charge is 0.354 e. The summed E-state index contributed by atoms with van der Waals surface area (Å²) in [4.78, 5) is 17.8. The molecule has 1 aromatic carbocycles. The van der Waals surface area contributed by atoms with E-state index in [-0.39, 0.29) is 5.69 Å². The number of hydrogen-bond acceptors (Lipinski definition) is 3. The van der Waals surface area contributed by atoms with Crippen LogP contribution in [0, 0.1) is 11.8 Å². The lowest BCUT2D eigenvalue weighted by Crippen LogP contribution is -2.22. The summed E-state index contributed by atoms with van der Waals surface area (Å²) in [7, 11) is 0. The molecule has 1 aliphatic rings. The average Bonchev–Trinajstić information content (AvgIpc) is 2.77. The monoisotopic (exact) mass is 270 g/mol. The Morgan fingerprint density at radius 1 is 1.25 bits per heavy atom. The minimum Gasteiger partial charge on any atom is -0.477 e. The molecule has 1 aliphatic heterocycles. The molecule has 20 heavy (non-hydrogen) atoms. The normalized spacial score (nSPS) is 22.4. The number of fused-ring (bicyclic) bond motifs is 1. The molecular formula is C16H18N2O2. The van der Waals surface area contributed by atoms with Crippen molar-refractivity contribution in [2.24, 2.45) is 11.8 Å². The van der Waals surface area contributed by atoms with Gasteiger partial charge < -0.3 is 10.0 Å². The summed E-state index contributed by atoms with van der Waals surface area (Å²) in [5, 5.41) is 11.2. The molecule has 3 rings (SSSR count). The first-order chi connectivity index (χ1) is 9.56. The van der Waals surface area contributed by atoms with Crippen molar-refractivity contribution < 1.29 is 9.90 Å². The molecule has 0 spiro atoms. The van der Waals surface area contributed by atoms with Gasteiger partial charge in [0.15, 0.2) is 5.69 Å². The van der Waals surface area contributed by atoms with Crippen LogP contribution < -0.4 is 4.90 Å². The van der Waals surface area contributed by atoms with E-state index in [2.05, 4.69) is 23.7 Å². The first-order valence-corrected chi connectivity index (χ1v) is 6.94. The molecule has 0 amide bonds. The molecule has 1 N–H and O–H groups in total. The second kappa shape index (κ2) is 4.78. The Morgan fingerprint density at radius 3 is 2.55 bits per heavy atom. The highest BCUT2D eigenvalue weighted by Gasteiger charge is 2.28. The lowest BCUT2D eigenvalue weighted by molar-refractivity contribution is 0.0691. The first-order valence-electron chi connectivity index (χ1n) is 6.94. The molecule has 2 unspecified atom stereocenters. The van der Waals surface area contributed by atoms with Crippen LogP contribution >= 0.6 is 0 Å². The number of rotatable bonds is 2. The van der Waals surface area contributed by atoms with Gasteiger partial charge in [-0.05, 0) is 23.3 Å². The van der Waals surface area contributed by atoms with E-state index in [1.807, 2.05) is 24.3 Å². The van der Waals surface area contributed by atoms with E-state index in [1.54, 1.807) is 6.07 Å². The Hall–Kier alpha value is -2.10. The lowest BCUT2D eigenvalue weighted by Gasteiger charge is -2.19. The van der Waals surface area contributed by atoms with Gasteiger partial charge in [-0.25, -0.2) is 9.78 Å². The fourth-order valence-corrected chi connectivity index (χ4v) is 2.83. The molecule has 2 atom stereocenters. The number of carboxylic acids is 1. The van der Waals surface area contributed by atoms with Crippen LogP contribution in [-0.4, -0.2) is 29.1 Å². The third-order valence-electron chi connectivity index (χ3n) is 4.23. The van der Waals surface area contributed by atoms with Gasteiger partial charge in [0, 0.05) is 18.5 Å². The van der Waals surface area contributed by atoms with Crippen molar-refractivity contribution in [2.75, 3.05) is 18.0 Å². The molecule has 4 nitrogen and oxygen atoms in total. The highest BCUT2D eigenvalue weighted by molar-refractivity contribution is 5.98. The molecule has 4 heteroatoms. The second-order valence-electron chi connectivity index (χ2n) is 5.72. The van der Waals surface area contributed by atoms with Crippen LogP contribution in [0.3, 0.4) is 0 Å². The maximum absolute atomic E-state index is 11.3. The molecular weight excluding hydrogens is 252 g/mol. The van der Waals surface area contributed by atoms with E-state index < -0.39 is 5.97 Å². The largest absolute Gasteiger partial charge is 0.477 e. The van der Waals surface area contributed by atoms with Gasteiger partial charge in [-0.15, -0.1) is 0 Å². The number of benzene rings is 1. The standard InChI is InChI=1S/C16H18N2O2/c1-10-8-18(9-11(10)2)15-13-6-4-3-5-12(13)7-14(17-15)16(19)20/h3-7,10-11H,8-9H2,1-2H3,(H,19,20). The van der Waals surface area contributed by atoms with Gasteiger partial charge in [0.05, 0.1) is 0 Å². The Kier molecular flexibility index (Phi) is 3.08. The number of hydrogen-bond donors (Lipinski definition) is 1. The van der Waals surface area contributed by atoms with Crippen molar-refractivity contribution in [3.63, 3.8) is 0 Å². The fraction of sp³-hybridized carbons (Fsp3) is 0.375. The van der Waals surface area contributed by atoms with Crippen molar-refractivity contribution in [2.45, 2.75) is 13.8 Å². The van der Waals surface area contributed by atoms with Crippen LogP contribution in [-0.2, 0) is 0 Å². The molecule has 0 radical (unpaired) electrons. The number of anilines is 1. The number of aromatic carboxylic acids is 1. The predicted octanol–water partition coefficient (Wildman–Crippen LogP) is 3.03. The summed E-state index contributed by atoms with van der Waals surface area (Å²) in [5.74, 6) is 1.03. The number of aromatic nitrogens is 1. The van der Waals surface area contributed by atoms with Gasteiger partial charge in [0.2, 0.25) is 0 Å². The van der Waals surface area contributed by atoms with E-state index >= 15 is 0 Å². The van der Waals surface area contributed by atoms with E-state index in [9.17, 15) is 9.90 Å². The molecule has 2 heterocycles. The molecule has 1 fully saturated rings. The van der Waals surface area contributed by atoms with Gasteiger partial charge in [0.25, 0.3) is 0 Å². The van der Waals surface area contributed by atoms with Crippen LogP contribution in [0.25, 0.3) is 10.8 Å². The van der Waals surface area contributed by atoms with E-state index in [0.29, 0.717) is 11.8 Å². The highest BCUT2D eigenvalue weighted by atomic mass is 16.4. The molecule has 104 valence electrons. The van der Waals surface area contributed by atoms with Crippen molar-refractivity contribution in [1.29, 1.82) is 0 Å². The van der Waals surface area contributed by atoms with Gasteiger partial charge in [-0.2, -0.15) is 0 Å². The minimum absolute atomic E-state index is 0.117. The summed E-state index contributed by atoms with van der Waals surface area (Å²) < 4.78 is 0. The van der Waals surface area contributed by atoms with E-state index in [4.69, 9.17) is 0 Å². The van der Waals surface area contributed by atoms with Crippen LogP contribution in [0.15, 0.2) is 30.3 Å². The molecule has 0 saturated carbocycles. The van der Waals surface area contributed by atoms with Crippen molar-refractivity contribution >= 4 is 22.6 Å². The average molecular weight is 270 g/mol. The van der Waals surface area contributed by atoms with Gasteiger partial charge in [0.1, 0.15) is 5.82 Å². The Morgan fingerprint density at radius 2 is 1.90 bits per heavy atom. The van der Waals surface area contributed by atoms with Crippen LogP contribution in [0.1, 0.15) is 24.3 Å². The predicted molar refractivity (Wildman–Crippen MR) is 79.2 cm³/mol. The number of nitrogens with zero attached hydrogens (tertiary/aromatic N) is 2. The second-order valence-corrected chi connectivity index (χ2v) is 5.72. The van der Waals surface area contributed by atoms with Crippen LogP contribution in [0.4, 0.5) is 5.82 Å². The summed E-state index contributed by atoms with van der Waals surface area (Å²) >= 11 is 0. The molecule has 1 aromatic heterocycles. The lowest BCUT2D eigenvalue weighted by atomic mass is 10.0. The maximum Gasteiger partial charge on any atom is 0.354 e. The van der Waals surface area contributed by atoms with E-state index in [1.165, 1.54) is 0 Å². The molecule has 0 bridgehead atoms. The SMILES string of the molecule is CC1CN(c2nc(C(=O)O)cc3ccccc23)CC1C. The van der Waals surface area contributed by atoms with Crippen molar-refractivity contribution in [1.82, 2.24) is 4.98 Å². The number of carbonyl (C=O) groups is 1. The zero-order valence-electron chi connectivity index (χ0n) is 11.7. The minimum atomic E-state index is -0.975. The zero-order chi connectivity index (χ0) is 14.3.